The van der Waals surface area contributed by atoms with Crippen molar-refractivity contribution in [2.75, 3.05) is 27.2 Å². The smallest absolute Gasteiger partial charge is 0.0574 e. The van der Waals surface area contributed by atoms with Crippen molar-refractivity contribution in [1.82, 2.24) is 10.2 Å². The number of nitrogens with zero attached hydrogens (tertiary/aromatic N) is 1. The van der Waals surface area contributed by atoms with E-state index in [1.807, 2.05) is 7.05 Å². The van der Waals surface area contributed by atoms with Crippen LogP contribution in [0.2, 0.25) is 0 Å². The van der Waals surface area contributed by atoms with Crippen molar-refractivity contribution in [3.8, 4) is 0 Å². The fourth-order valence-corrected chi connectivity index (χ4v) is 3.23. The Balaban J connectivity index is 1.90. The molecular weight excluding hydrogens is 268 g/mol. The zero-order chi connectivity index (χ0) is 15.4. The molecule has 0 spiro atoms. The zero-order valence-electron chi connectivity index (χ0n) is 13.4. The number of hydrogen-bond acceptors (Lipinski definition) is 2. The predicted molar refractivity (Wildman–Crippen MR) is 93.2 cm³/mol. The first-order valence-electron chi connectivity index (χ1n) is 7.95. The molecule has 114 valence electrons. The summed E-state index contributed by atoms with van der Waals surface area (Å²) < 4.78 is 0. The minimum atomic E-state index is 0.242. The Kier molecular flexibility index (Phi) is 4.71. The minimum absolute atomic E-state index is 0.242. The van der Waals surface area contributed by atoms with Crippen molar-refractivity contribution in [2.45, 2.75) is 12.0 Å². The summed E-state index contributed by atoms with van der Waals surface area (Å²) in [5.41, 5.74) is 4.03. The summed E-state index contributed by atoms with van der Waals surface area (Å²) in [6, 6.07) is 19.9. The highest BCUT2D eigenvalue weighted by atomic mass is 15.1. The number of hydrogen-bond donors (Lipinski definition) is 1. The van der Waals surface area contributed by atoms with Crippen LogP contribution in [-0.2, 0) is 0 Å². The van der Waals surface area contributed by atoms with Gasteiger partial charge in [0.05, 0.1) is 6.04 Å². The SMILES string of the molecule is CNC(c1ccccc1)c1cccc(C2C=CCN(C)C2)c1. The summed E-state index contributed by atoms with van der Waals surface area (Å²) in [5.74, 6) is 0.493. The third kappa shape index (κ3) is 3.29. The van der Waals surface area contributed by atoms with Gasteiger partial charge in [0.2, 0.25) is 0 Å². The highest BCUT2D eigenvalue weighted by molar-refractivity contribution is 5.37. The monoisotopic (exact) mass is 292 g/mol. The lowest BCUT2D eigenvalue weighted by Gasteiger charge is -2.26. The van der Waals surface area contributed by atoms with E-state index >= 15 is 0 Å². The lowest BCUT2D eigenvalue weighted by molar-refractivity contribution is 0.345. The van der Waals surface area contributed by atoms with Gasteiger partial charge in [-0.3, -0.25) is 0 Å². The van der Waals surface area contributed by atoms with Gasteiger partial charge >= 0.3 is 0 Å². The second-order valence-corrected chi connectivity index (χ2v) is 6.06. The summed E-state index contributed by atoms with van der Waals surface area (Å²) in [7, 11) is 4.21. The Morgan fingerprint density at radius 1 is 1.05 bits per heavy atom. The molecule has 0 aliphatic carbocycles. The summed E-state index contributed by atoms with van der Waals surface area (Å²) >= 11 is 0. The van der Waals surface area contributed by atoms with Crippen molar-refractivity contribution in [1.29, 1.82) is 0 Å². The maximum Gasteiger partial charge on any atom is 0.0574 e. The Bertz CT molecular complexity index is 633. The fourth-order valence-electron chi connectivity index (χ4n) is 3.23. The molecule has 0 amide bonds. The van der Waals surface area contributed by atoms with Crippen LogP contribution in [0.15, 0.2) is 66.7 Å². The summed E-state index contributed by atoms with van der Waals surface area (Å²) in [6.07, 6.45) is 4.61. The van der Waals surface area contributed by atoms with Crippen molar-refractivity contribution >= 4 is 0 Å². The number of rotatable bonds is 4. The van der Waals surface area contributed by atoms with Gasteiger partial charge in [0.25, 0.3) is 0 Å². The first-order valence-corrected chi connectivity index (χ1v) is 7.95. The van der Waals surface area contributed by atoms with Gasteiger partial charge in [0.15, 0.2) is 0 Å². The molecule has 0 fully saturated rings. The van der Waals surface area contributed by atoms with E-state index in [-0.39, 0.29) is 6.04 Å². The third-order valence-corrected chi connectivity index (χ3v) is 4.39. The Labute approximate surface area is 133 Å². The van der Waals surface area contributed by atoms with Crippen molar-refractivity contribution in [3.63, 3.8) is 0 Å². The van der Waals surface area contributed by atoms with Gasteiger partial charge in [-0.1, -0.05) is 66.7 Å². The first kappa shape index (κ1) is 15.0. The molecule has 1 aliphatic heterocycles. The molecule has 0 saturated heterocycles. The third-order valence-electron chi connectivity index (χ3n) is 4.39. The van der Waals surface area contributed by atoms with Crippen LogP contribution >= 0.6 is 0 Å². The van der Waals surface area contributed by atoms with Gasteiger partial charge in [-0.15, -0.1) is 0 Å². The van der Waals surface area contributed by atoms with E-state index in [0.717, 1.165) is 13.1 Å². The molecule has 1 aliphatic rings. The maximum atomic E-state index is 3.45. The lowest BCUT2D eigenvalue weighted by atomic mass is 9.91. The van der Waals surface area contributed by atoms with Gasteiger partial charge < -0.3 is 10.2 Å². The first-order chi connectivity index (χ1) is 10.8. The number of nitrogens with one attached hydrogen (secondary N) is 1. The molecular formula is C20H24N2. The molecule has 2 unspecified atom stereocenters. The van der Waals surface area contributed by atoms with Crippen molar-refractivity contribution < 1.29 is 0 Å². The van der Waals surface area contributed by atoms with Crippen LogP contribution in [0.5, 0.6) is 0 Å². The van der Waals surface area contributed by atoms with Gasteiger partial charge in [-0.25, -0.2) is 0 Å². The largest absolute Gasteiger partial charge is 0.309 e. The van der Waals surface area contributed by atoms with E-state index in [9.17, 15) is 0 Å². The second kappa shape index (κ2) is 6.91. The lowest BCUT2D eigenvalue weighted by Crippen LogP contribution is -2.27. The summed E-state index contributed by atoms with van der Waals surface area (Å²) in [6.45, 7) is 2.15. The van der Waals surface area contributed by atoms with E-state index in [1.54, 1.807) is 0 Å². The molecule has 0 aromatic heterocycles. The molecule has 2 aromatic carbocycles. The van der Waals surface area contributed by atoms with Crippen LogP contribution in [0.1, 0.15) is 28.7 Å². The van der Waals surface area contributed by atoms with E-state index in [2.05, 4.69) is 84.0 Å². The fraction of sp³-hybridized carbons (Fsp3) is 0.300. The van der Waals surface area contributed by atoms with Crippen LogP contribution in [0.3, 0.4) is 0 Å². The quantitative estimate of drug-likeness (QED) is 0.867. The van der Waals surface area contributed by atoms with Crippen molar-refractivity contribution in [2.24, 2.45) is 0 Å². The highest BCUT2D eigenvalue weighted by Gasteiger charge is 2.17. The number of likely N-dealkylation sites (N-methyl/N-ethyl adjacent to an activating group) is 1. The van der Waals surface area contributed by atoms with Crippen LogP contribution in [0.25, 0.3) is 0 Å². The van der Waals surface area contributed by atoms with Crippen LogP contribution in [0, 0.1) is 0 Å². The second-order valence-electron chi connectivity index (χ2n) is 6.06. The van der Waals surface area contributed by atoms with Crippen LogP contribution < -0.4 is 5.32 Å². The maximum absolute atomic E-state index is 3.45. The molecule has 0 saturated carbocycles. The molecule has 3 rings (SSSR count). The Morgan fingerprint density at radius 2 is 1.82 bits per heavy atom. The van der Waals surface area contributed by atoms with E-state index < -0.39 is 0 Å². The van der Waals surface area contributed by atoms with Crippen LogP contribution in [0.4, 0.5) is 0 Å². The molecule has 2 heteroatoms. The van der Waals surface area contributed by atoms with Crippen LogP contribution in [-0.4, -0.2) is 32.1 Å². The predicted octanol–water partition coefficient (Wildman–Crippen LogP) is 3.58. The highest BCUT2D eigenvalue weighted by Crippen LogP contribution is 2.27. The molecule has 2 aromatic rings. The average molecular weight is 292 g/mol. The van der Waals surface area contributed by atoms with Gasteiger partial charge in [0, 0.05) is 19.0 Å². The molecule has 1 N–H and O–H groups in total. The molecule has 2 atom stereocenters. The normalized spacial score (nSPS) is 20.0. The van der Waals surface area contributed by atoms with E-state index in [0.29, 0.717) is 5.92 Å². The van der Waals surface area contributed by atoms with Gasteiger partial charge in [-0.05, 0) is 30.8 Å². The van der Waals surface area contributed by atoms with Gasteiger partial charge in [-0.2, -0.15) is 0 Å². The zero-order valence-corrected chi connectivity index (χ0v) is 13.4. The average Bonchev–Trinajstić information content (AvgIpc) is 2.57. The minimum Gasteiger partial charge on any atom is -0.309 e. The van der Waals surface area contributed by atoms with Crippen molar-refractivity contribution in [3.05, 3.63) is 83.4 Å². The van der Waals surface area contributed by atoms with E-state index in [1.165, 1.54) is 16.7 Å². The molecule has 0 bridgehead atoms. The van der Waals surface area contributed by atoms with E-state index in [4.69, 9.17) is 0 Å². The molecule has 22 heavy (non-hydrogen) atoms. The standard InChI is InChI=1S/C20H24N2/c1-21-20(16-8-4-3-5-9-16)18-11-6-10-17(14-18)19-12-7-13-22(2)15-19/h3-12,14,19-21H,13,15H2,1-2H3. The molecule has 2 nitrogen and oxygen atoms in total. The number of benzene rings is 2. The topological polar surface area (TPSA) is 15.3 Å². The molecule has 0 radical (unpaired) electrons. The van der Waals surface area contributed by atoms with Gasteiger partial charge in [0.1, 0.15) is 0 Å². The molecule has 1 heterocycles. The summed E-state index contributed by atoms with van der Waals surface area (Å²) in [4.78, 5) is 2.37. The Hall–Kier alpha value is -1.90. The summed E-state index contributed by atoms with van der Waals surface area (Å²) in [5, 5.41) is 3.45. The Morgan fingerprint density at radius 3 is 2.55 bits per heavy atom.